The van der Waals surface area contributed by atoms with Crippen LogP contribution in [0.1, 0.15) is 24.0 Å². The molecule has 136 valence electrons. The van der Waals surface area contributed by atoms with Gasteiger partial charge in [-0.1, -0.05) is 23.7 Å². The van der Waals surface area contributed by atoms with E-state index in [-0.39, 0.29) is 11.7 Å². The molecule has 4 rings (SSSR count). The van der Waals surface area contributed by atoms with E-state index in [2.05, 4.69) is 11.4 Å². The Kier molecular flexibility index (Phi) is 4.88. The third kappa shape index (κ3) is 3.57. The molecule has 0 unspecified atom stereocenters. The van der Waals surface area contributed by atoms with E-state index in [0.29, 0.717) is 22.9 Å². The Labute approximate surface area is 157 Å². The minimum Gasteiger partial charge on any atom is -0.494 e. The predicted octanol–water partition coefficient (Wildman–Crippen LogP) is 4.73. The Morgan fingerprint density at radius 2 is 1.85 bits per heavy atom. The van der Waals surface area contributed by atoms with Gasteiger partial charge in [0.1, 0.15) is 5.82 Å². The van der Waals surface area contributed by atoms with Gasteiger partial charge in [-0.25, -0.2) is 4.39 Å². The van der Waals surface area contributed by atoms with Crippen molar-refractivity contribution in [2.75, 3.05) is 13.1 Å². The molecule has 2 heterocycles. The molecule has 1 fully saturated rings. The average molecular weight is 373 g/mol. The number of aromatic hydroxyl groups is 1. The first-order valence-corrected chi connectivity index (χ1v) is 9.43. The van der Waals surface area contributed by atoms with Crippen molar-refractivity contribution in [3.05, 3.63) is 64.6 Å². The molecule has 1 aliphatic heterocycles. The molecular weight excluding hydrogens is 351 g/mol. The van der Waals surface area contributed by atoms with E-state index in [4.69, 9.17) is 11.6 Å². The largest absolute Gasteiger partial charge is 0.494 e. The average Bonchev–Trinajstić information content (AvgIpc) is 2.94. The van der Waals surface area contributed by atoms with Crippen LogP contribution in [-0.4, -0.2) is 22.8 Å². The lowest BCUT2D eigenvalue weighted by Crippen LogP contribution is -2.28. The summed E-state index contributed by atoms with van der Waals surface area (Å²) in [5, 5.41) is 16.2. The van der Waals surface area contributed by atoms with E-state index in [1.54, 1.807) is 16.7 Å². The second kappa shape index (κ2) is 7.29. The number of fused-ring (bicyclic) bond motifs is 1. The fourth-order valence-corrected chi connectivity index (χ4v) is 4.17. The molecule has 0 radical (unpaired) electrons. The van der Waals surface area contributed by atoms with Gasteiger partial charge in [0.2, 0.25) is 5.88 Å². The smallest absolute Gasteiger partial charge is 0.200 e. The highest BCUT2D eigenvalue weighted by molar-refractivity contribution is 6.36. The molecule has 1 aliphatic rings. The van der Waals surface area contributed by atoms with Crippen LogP contribution in [-0.2, 0) is 13.0 Å². The van der Waals surface area contributed by atoms with Crippen molar-refractivity contribution in [1.82, 2.24) is 9.88 Å². The maximum absolute atomic E-state index is 13.1. The van der Waals surface area contributed by atoms with Crippen LogP contribution in [0.4, 0.5) is 4.39 Å². The predicted molar refractivity (Wildman–Crippen MR) is 103 cm³/mol. The zero-order valence-corrected chi connectivity index (χ0v) is 15.3. The molecule has 3 nitrogen and oxygen atoms in total. The number of nitrogens with zero attached hydrogens (tertiary/aromatic N) is 1. The van der Waals surface area contributed by atoms with Gasteiger partial charge in [-0.05, 0) is 73.7 Å². The fourth-order valence-electron chi connectivity index (χ4n) is 3.84. The molecule has 26 heavy (non-hydrogen) atoms. The van der Waals surface area contributed by atoms with Gasteiger partial charge in [-0.2, -0.15) is 0 Å². The maximum Gasteiger partial charge on any atom is 0.200 e. The van der Waals surface area contributed by atoms with Crippen LogP contribution < -0.4 is 5.32 Å². The molecule has 3 aromatic rings. The van der Waals surface area contributed by atoms with Gasteiger partial charge in [0.05, 0.1) is 17.0 Å². The first-order chi connectivity index (χ1) is 12.6. The molecule has 1 aromatic heterocycles. The third-order valence-corrected chi connectivity index (χ3v) is 5.52. The zero-order valence-electron chi connectivity index (χ0n) is 14.5. The summed E-state index contributed by atoms with van der Waals surface area (Å²) in [6, 6.07) is 10.4. The van der Waals surface area contributed by atoms with Gasteiger partial charge in [0.15, 0.2) is 0 Å². The summed E-state index contributed by atoms with van der Waals surface area (Å²) in [6.45, 7) is 2.63. The number of nitrogens with one attached hydrogen (secondary N) is 1. The van der Waals surface area contributed by atoms with Gasteiger partial charge in [0, 0.05) is 11.6 Å². The van der Waals surface area contributed by atoms with Gasteiger partial charge < -0.3 is 15.0 Å². The Balaban J connectivity index is 1.62. The van der Waals surface area contributed by atoms with Crippen LogP contribution in [0.5, 0.6) is 5.88 Å². The number of hydrogen-bond donors (Lipinski definition) is 2. The number of aromatic nitrogens is 1. The second-order valence-electron chi connectivity index (χ2n) is 7.15. The van der Waals surface area contributed by atoms with Crippen molar-refractivity contribution in [3.8, 4) is 5.88 Å². The molecule has 2 N–H and O–H groups in total. The summed E-state index contributed by atoms with van der Waals surface area (Å²) < 4.78 is 14.8. The number of benzene rings is 2. The van der Waals surface area contributed by atoms with Gasteiger partial charge in [-0.3, -0.25) is 0 Å². The Morgan fingerprint density at radius 3 is 2.58 bits per heavy atom. The summed E-state index contributed by atoms with van der Waals surface area (Å²) >= 11 is 6.49. The summed E-state index contributed by atoms with van der Waals surface area (Å²) in [7, 11) is 0. The quantitative estimate of drug-likeness (QED) is 0.694. The highest BCUT2D eigenvalue weighted by Gasteiger charge is 2.17. The number of halogens is 2. The minimum atomic E-state index is -0.263. The lowest BCUT2D eigenvalue weighted by Gasteiger charge is -2.22. The monoisotopic (exact) mass is 372 g/mol. The first kappa shape index (κ1) is 17.4. The molecule has 1 saturated heterocycles. The van der Waals surface area contributed by atoms with E-state index in [9.17, 15) is 9.50 Å². The summed E-state index contributed by atoms with van der Waals surface area (Å²) in [6.07, 6.45) is 5.31. The SMILES string of the molecule is Oc1c2c(Cl)cc(CC3CCNCC3)cc2cn1Cc1ccc(F)cc1. The molecule has 0 atom stereocenters. The normalized spacial score (nSPS) is 15.6. The van der Waals surface area contributed by atoms with Crippen LogP contribution in [0, 0.1) is 11.7 Å². The molecule has 0 aliphatic carbocycles. The molecule has 2 aromatic carbocycles. The lowest BCUT2D eigenvalue weighted by atomic mass is 9.90. The van der Waals surface area contributed by atoms with Gasteiger partial charge >= 0.3 is 0 Å². The topological polar surface area (TPSA) is 37.2 Å². The Hall–Kier alpha value is -2.04. The van der Waals surface area contributed by atoms with E-state index in [1.807, 2.05) is 12.3 Å². The fraction of sp³-hybridized carbons (Fsp3) is 0.333. The second-order valence-corrected chi connectivity index (χ2v) is 7.55. The van der Waals surface area contributed by atoms with Gasteiger partial charge in [-0.15, -0.1) is 0 Å². The minimum absolute atomic E-state index is 0.155. The van der Waals surface area contributed by atoms with Crippen molar-refractivity contribution in [2.45, 2.75) is 25.8 Å². The maximum atomic E-state index is 13.1. The first-order valence-electron chi connectivity index (χ1n) is 9.05. The van der Waals surface area contributed by atoms with E-state index < -0.39 is 0 Å². The van der Waals surface area contributed by atoms with Crippen molar-refractivity contribution in [3.63, 3.8) is 0 Å². The molecule has 0 bridgehead atoms. The number of rotatable bonds is 4. The molecular formula is C21H22ClFN2O. The summed E-state index contributed by atoms with van der Waals surface area (Å²) in [5.41, 5.74) is 2.14. The molecule has 0 spiro atoms. The number of hydrogen-bond acceptors (Lipinski definition) is 2. The van der Waals surface area contributed by atoms with Crippen LogP contribution in [0.3, 0.4) is 0 Å². The van der Waals surface area contributed by atoms with Crippen molar-refractivity contribution < 1.29 is 9.50 Å². The van der Waals surface area contributed by atoms with Crippen molar-refractivity contribution in [2.24, 2.45) is 5.92 Å². The van der Waals surface area contributed by atoms with Crippen LogP contribution in [0.25, 0.3) is 10.8 Å². The zero-order chi connectivity index (χ0) is 18.1. The van der Waals surface area contributed by atoms with Crippen LogP contribution in [0.15, 0.2) is 42.6 Å². The molecule has 0 amide bonds. The van der Waals surface area contributed by atoms with Crippen molar-refractivity contribution in [1.29, 1.82) is 0 Å². The van der Waals surface area contributed by atoms with Crippen LogP contribution in [0.2, 0.25) is 5.02 Å². The molecule has 0 saturated carbocycles. The summed E-state index contributed by atoms with van der Waals surface area (Å²) in [4.78, 5) is 0. The molecule has 5 heteroatoms. The highest BCUT2D eigenvalue weighted by Crippen LogP contribution is 2.36. The summed E-state index contributed by atoms with van der Waals surface area (Å²) in [5.74, 6) is 0.573. The lowest BCUT2D eigenvalue weighted by molar-refractivity contribution is 0.373. The van der Waals surface area contributed by atoms with E-state index >= 15 is 0 Å². The Morgan fingerprint density at radius 1 is 1.12 bits per heavy atom. The standard InChI is InChI=1S/C21H22ClFN2O/c22-19-11-16(9-14-5-7-24-8-6-14)10-17-13-25(21(26)20(17)19)12-15-1-3-18(23)4-2-15/h1-4,10-11,13-14,24,26H,5-9,12H2. The Bertz CT molecular complexity index is 914. The van der Waals surface area contributed by atoms with Crippen molar-refractivity contribution >= 4 is 22.4 Å². The van der Waals surface area contributed by atoms with Gasteiger partial charge in [0.25, 0.3) is 0 Å². The highest BCUT2D eigenvalue weighted by atomic mass is 35.5. The van der Waals surface area contributed by atoms with E-state index in [0.717, 1.165) is 30.5 Å². The third-order valence-electron chi connectivity index (χ3n) is 5.22. The number of piperidine rings is 1. The van der Waals surface area contributed by atoms with E-state index in [1.165, 1.54) is 30.5 Å². The van der Waals surface area contributed by atoms with Crippen LogP contribution >= 0.6 is 11.6 Å².